The summed E-state index contributed by atoms with van der Waals surface area (Å²) in [7, 11) is 0. The van der Waals surface area contributed by atoms with Gasteiger partial charge in [0.2, 0.25) is 0 Å². The van der Waals surface area contributed by atoms with Crippen molar-refractivity contribution < 1.29 is 9.53 Å². The van der Waals surface area contributed by atoms with Gasteiger partial charge in [0.25, 0.3) is 0 Å². The van der Waals surface area contributed by atoms with E-state index in [0.29, 0.717) is 31.1 Å². The van der Waals surface area contributed by atoms with Crippen LogP contribution >= 0.6 is 0 Å². The van der Waals surface area contributed by atoms with Crippen molar-refractivity contribution in [1.29, 1.82) is 0 Å². The molecule has 2 unspecified atom stereocenters. The van der Waals surface area contributed by atoms with E-state index in [9.17, 15) is 4.79 Å². The number of aliphatic imine (C=N–C) groups is 1. The lowest BCUT2D eigenvalue weighted by molar-refractivity contribution is 0.0527. The molecule has 1 saturated heterocycles. The Balaban J connectivity index is 2.38. The minimum absolute atomic E-state index is 0.375. The van der Waals surface area contributed by atoms with Gasteiger partial charge in [-0.2, -0.15) is 0 Å². The second-order valence-electron chi connectivity index (χ2n) is 8.32. The summed E-state index contributed by atoms with van der Waals surface area (Å²) in [5, 5.41) is 9.65. The Labute approximate surface area is 159 Å². The quantitative estimate of drug-likeness (QED) is 0.364. The molecule has 1 rings (SSSR count). The highest BCUT2D eigenvalue weighted by molar-refractivity contribution is 5.80. The largest absolute Gasteiger partial charge is 0.444 e. The molecule has 1 aliphatic rings. The highest BCUT2D eigenvalue weighted by Crippen LogP contribution is 2.18. The number of nitrogens with zero attached hydrogens (tertiary/aromatic N) is 2. The number of carbonyl (C=O) groups is 1. The predicted octanol–water partition coefficient (Wildman–Crippen LogP) is 2.19. The van der Waals surface area contributed by atoms with Gasteiger partial charge in [-0.25, -0.2) is 4.79 Å². The van der Waals surface area contributed by atoms with Crippen LogP contribution in [0.2, 0.25) is 0 Å². The van der Waals surface area contributed by atoms with Crippen LogP contribution in [0.25, 0.3) is 0 Å². The van der Waals surface area contributed by atoms with Crippen LogP contribution in [0.1, 0.15) is 54.9 Å². The molecule has 152 valence electrons. The molecule has 2 atom stereocenters. The fraction of sp³-hybridized carbons (Fsp3) is 0.895. The Bertz CT molecular complexity index is 459. The summed E-state index contributed by atoms with van der Waals surface area (Å²) < 4.78 is 5.22. The second kappa shape index (κ2) is 10.6. The molecule has 3 N–H and O–H groups in total. The molecule has 1 amide bonds. The van der Waals surface area contributed by atoms with Gasteiger partial charge in [-0.15, -0.1) is 0 Å². The Morgan fingerprint density at radius 1 is 1.27 bits per heavy atom. The van der Waals surface area contributed by atoms with Crippen LogP contribution in [-0.4, -0.2) is 67.4 Å². The fourth-order valence-electron chi connectivity index (χ4n) is 2.88. The molecule has 0 aromatic carbocycles. The molecular weight excluding hydrogens is 330 g/mol. The maximum atomic E-state index is 11.6. The van der Waals surface area contributed by atoms with Gasteiger partial charge in [-0.05, 0) is 53.9 Å². The van der Waals surface area contributed by atoms with E-state index in [1.54, 1.807) is 0 Å². The lowest BCUT2D eigenvalue weighted by atomic mass is 10.1. The Morgan fingerprint density at radius 3 is 2.50 bits per heavy atom. The molecule has 7 nitrogen and oxygen atoms in total. The van der Waals surface area contributed by atoms with Crippen molar-refractivity contribution in [2.45, 2.75) is 72.6 Å². The zero-order chi connectivity index (χ0) is 19.7. The molecule has 1 aliphatic heterocycles. The Morgan fingerprint density at radius 2 is 1.96 bits per heavy atom. The van der Waals surface area contributed by atoms with Gasteiger partial charge >= 0.3 is 6.09 Å². The molecule has 7 heteroatoms. The van der Waals surface area contributed by atoms with E-state index >= 15 is 0 Å². The number of hydrogen-bond acceptors (Lipinski definition) is 4. The third-order valence-electron chi connectivity index (χ3n) is 4.31. The third-order valence-corrected chi connectivity index (χ3v) is 4.31. The number of nitrogens with one attached hydrogen (secondary N) is 3. The Hall–Kier alpha value is -1.50. The standard InChI is InChI=1S/C19H39N5O2/c1-8-20-17(23-16-13-24(14(2)3)12-15(16)4)21-10-9-11-22-18(25)26-19(5,6)7/h14-16H,8-13H2,1-7H3,(H,22,25)(H2,20,21,23). The lowest BCUT2D eigenvalue weighted by Crippen LogP contribution is -2.47. The van der Waals surface area contributed by atoms with Crippen LogP contribution in [0.5, 0.6) is 0 Å². The normalized spacial score (nSPS) is 21.8. The van der Waals surface area contributed by atoms with Gasteiger partial charge in [0.15, 0.2) is 5.96 Å². The highest BCUT2D eigenvalue weighted by Gasteiger charge is 2.31. The summed E-state index contributed by atoms with van der Waals surface area (Å²) in [6.07, 6.45) is 0.397. The maximum absolute atomic E-state index is 11.6. The minimum Gasteiger partial charge on any atom is -0.444 e. The molecule has 0 aliphatic carbocycles. The van der Waals surface area contributed by atoms with E-state index in [1.165, 1.54) is 0 Å². The van der Waals surface area contributed by atoms with Gasteiger partial charge in [0.05, 0.1) is 0 Å². The first-order chi connectivity index (χ1) is 12.1. The number of likely N-dealkylation sites (tertiary alicyclic amines) is 1. The molecule has 0 aromatic heterocycles. The number of ether oxygens (including phenoxy) is 1. The van der Waals surface area contributed by atoms with Crippen LogP contribution in [0.4, 0.5) is 4.79 Å². The van der Waals surface area contributed by atoms with Crippen molar-refractivity contribution in [2.75, 3.05) is 32.7 Å². The molecular formula is C19H39N5O2. The zero-order valence-electron chi connectivity index (χ0n) is 17.7. The van der Waals surface area contributed by atoms with Crippen LogP contribution in [0, 0.1) is 5.92 Å². The lowest BCUT2D eigenvalue weighted by Gasteiger charge is -2.22. The summed E-state index contributed by atoms with van der Waals surface area (Å²) in [4.78, 5) is 18.7. The van der Waals surface area contributed by atoms with Gasteiger partial charge in [-0.1, -0.05) is 6.92 Å². The second-order valence-corrected chi connectivity index (χ2v) is 8.32. The summed E-state index contributed by atoms with van der Waals surface area (Å²) >= 11 is 0. The van der Waals surface area contributed by atoms with Crippen molar-refractivity contribution >= 4 is 12.1 Å². The van der Waals surface area contributed by atoms with E-state index in [-0.39, 0.29) is 6.09 Å². The number of carbonyl (C=O) groups excluding carboxylic acids is 1. The molecule has 0 saturated carbocycles. The van der Waals surface area contributed by atoms with Gasteiger partial charge in [0.1, 0.15) is 5.60 Å². The Kier molecular flexibility index (Phi) is 9.19. The van der Waals surface area contributed by atoms with Crippen molar-refractivity contribution in [1.82, 2.24) is 20.9 Å². The van der Waals surface area contributed by atoms with Crippen LogP contribution in [0.15, 0.2) is 4.99 Å². The molecule has 0 bridgehead atoms. The topological polar surface area (TPSA) is 78.0 Å². The van der Waals surface area contributed by atoms with Crippen molar-refractivity contribution in [2.24, 2.45) is 10.9 Å². The molecule has 1 fully saturated rings. The number of guanidine groups is 1. The molecule has 1 heterocycles. The summed E-state index contributed by atoms with van der Waals surface area (Å²) in [6.45, 7) is 18.6. The van der Waals surface area contributed by atoms with Gasteiger partial charge < -0.3 is 20.7 Å². The number of hydrogen-bond donors (Lipinski definition) is 3. The summed E-state index contributed by atoms with van der Waals surface area (Å²) in [5.41, 5.74) is -0.466. The SMILES string of the molecule is CCNC(=NCCCNC(=O)OC(C)(C)C)NC1CN(C(C)C)CC1C. The number of amides is 1. The van der Waals surface area contributed by atoms with Crippen molar-refractivity contribution in [3.63, 3.8) is 0 Å². The monoisotopic (exact) mass is 369 g/mol. The molecule has 0 spiro atoms. The van der Waals surface area contributed by atoms with E-state index in [2.05, 4.69) is 53.5 Å². The summed E-state index contributed by atoms with van der Waals surface area (Å²) in [6, 6.07) is 0.984. The first-order valence-electron chi connectivity index (χ1n) is 9.88. The van der Waals surface area contributed by atoms with Crippen molar-refractivity contribution in [3.8, 4) is 0 Å². The zero-order valence-corrected chi connectivity index (χ0v) is 17.7. The van der Waals surface area contributed by atoms with Crippen LogP contribution in [0.3, 0.4) is 0 Å². The molecule has 0 radical (unpaired) electrons. The molecule has 0 aromatic rings. The van der Waals surface area contributed by atoms with Gasteiger partial charge in [-0.3, -0.25) is 9.89 Å². The number of rotatable bonds is 7. The van der Waals surface area contributed by atoms with Crippen LogP contribution in [-0.2, 0) is 4.74 Å². The first-order valence-corrected chi connectivity index (χ1v) is 9.88. The number of alkyl carbamates (subject to hydrolysis) is 1. The minimum atomic E-state index is -0.466. The maximum Gasteiger partial charge on any atom is 0.407 e. The van der Waals surface area contributed by atoms with E-state index < -0.39 is 5.60 Å². The fourth-order valence-corrected chi connectivity index (χ4v) is 2.88. The predicted molar refractivity (Wildman–Crippen MR) is 108 cm³/mol. The van der Waals surface area contributed by atoms with E-state index in [0.717, 1.165) is 32.0 Å². The van der Waals surface area contributed by atoms with E-state index in [4.69, 9.17) is 4.74 Å². The third kappa shape index (κ3) is 8.74. The highest BCUT2D eigenvalue weighted by atomic mass is 16.6. The van der Waals surface area contributed by atoms with Crippen LogP contribution < -0.4 is 16.0 Å². The van der Waals surface area contributed by atoms with Crippen molar-refractivity contribution in [3.05, 3.63) is 0 Å². The smallest absolute Gasteiger partial charge is 0.407 e. The average Bonchev–Trinajstić information content (AvgIpc) is 2.86. The molecule has 26 heavy (non-hydrogen) atoms. The average molecular weight is 370 g/mol. The van der Waals surface area contributed by atoms with E-state index in [1.807, 2.05) is 20.8 Å². The summed E-state index contributed by atoms with van der Waals surface area (Å²) in [5.74, 6) is 1.45. The van der Waals surface area contributed by atoms with Gasteiger partial charge in [0, 0.05) is 44.8 Å². The first kappa shape index (κ1) is 22.5.